The van der Waals surface area contributed by atoms with Crippen LogP contribution in [0.25, 0.3) is 0 Å². The van der Waals surface area contributed by atoms with Gasteiger partial charge in [-0.2, -0.15) is 0 Å². The molecule has 1 saturated heterocycles. The molecule has 2 amide bonds. The van der Waals surface area contributed by atoms with Crippen LogP contribution in [-0.2, 0) is 28.9 Å². The van der Waals surface area contributed by atoms with Crippen molar-refractivity contribution < 1.29 is 28.7 Å². The molecule has 2 bridgehead atoms. The SMILES string of the molecule is COc1ccc(C(=O)[C@H](C)OC(=O)CCCCCN2C(=O)[C@H]3[C@H](C2=O)C2(Cl)c4ccccc4C3(Cl)c3ccccc32)cc1. The topological polar surface area (TPSA) is 90.0 Å². The molecule has 0 unspecified atom stereocenters. The van der Waals surface area contributed by atoms with E-state index in [1.54, 1.807) is 38.3 Å². The molecule has 0 spiro atoms. The Hall–Kier alpha value is -3.68. The third-order valence-corrected chi connectivity index (χ3v) is 10.3. The number of alkyl halides is 2. The molecule has 1 aliphatic heterocycles. The lowest BCUT2D eigenvalue weighted by molar-refractivity contribution is -0.146. The maximum atomic E-state index is 13.9. The van der Waals surface area contributed by atoms with Gasteiger partial charge in [0.15, 0.2) is 6.10 Å². The van der Waals surface area contributed by atoms with E-state index in [1.165, 1.54) is 4.90 Å². The van der Waals surface area contributed by atoms with Crippen molar-refractivity contribution in [2.24, 2.45) is 11.8 Å². The summed E-state index contributed by atoms with van der Waals surface area (Å²) in [5, 5.41) is 0. The fraction of sp³-hybridized carbons (Fsp3) is 0.353. The van der Waals surface area contributed by atoms with Crippen molar-refractivity contribution in [1.82, 2.24) is 4.90 Å². The Balaban J connectivity index is 1.07. The van der Waals surface area contributed by atoms with Crippen molar-refractivity contribution in [3.8, 4) is 5.75 Å². The molecule has 0 aromatic heterocycles. The first kappa shape index (κ1) is 29.4. The van der Waals surface area contributed by atoms with Crippen molar-refractivity contribution in [3.63, 3.8) is 0 Å². The summed E-state index contributed by atoms with van der Waals surface area (Å²) in [7, 11) is 1.54. The summed E-state index contributed by atoms with van der Waals surface area (Å²) >= 11 is 14.9. The lowest BCUT2D eigenvalue weighted by Crippen LogP contribution is -2.57. The first-order valence-electron chi connectivity index (χ1n) is 14.4. The lowest BCUT2D eigenvalue weighted by Gasteiger charge is -2.54. The molecule has 0 N–H and O–H groups in total. The summed E-state index contributed by atoms with van der Waals surface area (Å²) in [4.78, 5) is 51.7. The van der Waals surface area contributed by atoms with Gasteiger partial charge < -0.3 is 9.47 Å². The van der Waals surface area contributed by atoms with Gasteiger partial charge in [0, 0.05) is 18.5 Å². The van der Waals surface area contributed by atoms with E-state index in [0.717, 1.165) is 22.3 Å². The normalized spacial score (nSPS) is 25.5. The number of amides is 2. The molecule has 0 radical (unpaired) electrons. The number of carbonyl (C=O) groups excluding carboxylic acids is 4. The van der Waals surface area contributed by atoms with E-state index in [4.69, 9.17) is 32.7 Å². The standard InChI is InChI=1S/C34H31Cl2NO6/c1-20(30(39)21-15-17-22(42-2)18-16-21)43-27(38)14-4-3-9-19-37-31(40)28-29(32(37)41)34(36)24-11-6-5-10-23(24)33(28,35)25-12-7-8-13-26(25)34/h5-8,10-13,15-18,20,28-29H,3-4,9,14,19H2,1-2H3/t20-,28+,29+,33?,34?/m0/s1. The number of methoxy groups -OCH3 is 1. The molecule has 0 saturated carbocycles. The monoisotopic (exact) mass is 619 g/mol. The van der Waals surface area contributed by atoms with Gasteiger partial charge in [0.2, 0.25) is 17.6 Å². The van der Waals surface area contributed by atoms with Crippen molar-refractivity contribution >= 4 is 46.8 Å². The second-order valence-electron chi connectivity index (χ2n) is 11.3. The van der Waals surface area contributed by atoms with Gasteiger partial charge in [-0.3, -0.25) is 24.1 Å². The summed E-state index contributed by atoms with van der Waals surface area (Å²) in [5.74, 6) is -2.41. The average molecular weight is 621 g/mol. The van der Waals surface area contributed by atoms with Gasteiger partial charge >= 0.3 is 5.97 Å². The van der Waals surface area contributed by atoms with E-state index >= 15 is 0 Å². The summed E-state index contributed by atoms with van der Waals surface area (Å²) in [6, 6.07) is 21.7. The van der Waals surface area contributed by atoms with Gasteiger partial charge in [-0.15, -0.1) is 23.2 Å². The first-order valence-corrected chi connectivity index (χ1v) is 15.2. The minimum Gasteiger partial charge on any atom is -0.497 e. The number of carbonyl (C=O) groups is 4. The van der Waals surface area contributed by atoms with Gasteiger partial charge in [-0.25, -0.2) is 0 Å². The second kappa shape index (κ2) is 11.1. The van der Waals surface area contributed by atoms with Crippen LogP contribution in [0.5, 0.6) is 5.75 Å². The first-order chi connectivity index (χ1) is 20.6. The number of Topliss-reactive ketones (excluding diaryl/α,β-unsaturated/α-hetero) is 1. The molecule has 1 fully saturated rings. The van der Waals surface area contributed by atoms with Gasteiger partial charge in [0.1, 0.15) is 15.5 Å². The van der Waals surface area contributed by atoms with E-state index in [1.807, 2.05) is 48.5 Å². The molecule has 3 aliphatic carbocycles. The average Bonchev–Trinajstić information content (AvgIpc) is 3.29. The highest BCUT2D eigenvalue weighted by Gasteiger charge is 2.72. The van der Waals surface area contributed by atoms with Gasteiger partial charge in [-0.05, 0) is 66.3 Å². The number of benzene rings is 3. The molecule has 1 heterocycles. The molecule has 7 nitrogen and oxygen atoms in total. The minimum atomic E-state index is -1.19. The molecular weight excluding hydrogens is 589 g/mol. The number of rotatable bonds is 10. The number of imide groups is 1. The molecule has 9 heteroatoms. The van der Waals surface area contributed by atoms with Crippen LogP contribution in [0.4, 0.5) is 0 Å². The molecule has 222 valence electrons. The number of ketones is 1. The number of likely N-dealkylation sites (tertiary alicyclic amines) is 1. The zero-order valence-electron chi connectivity index (χ0n) is 23.8. The summed E-state index contributed by atoms with van der Waals surface area (Å²) in [5.41, 5.74) is 3.51. The smallest absolute Gasteiger partial charge is 0.306 e. The predicted molar refractivity (Wildman–Crippen MR) is 161 cm³/mol. The van der Waals surface area contributed by atoms with Crippen LogP contribution in [-0.4, -0.2) is 48.2 Å². The fourth-order valence-electron chi connectivity index (χ4n) is 6.96. The van der Waals surface area contributed by atoms with Crippen LogP contribution >= 0.6 is 23.2 Å². The number of hydrogen-bond acceptors (Lipinski definition) is 6. The highest BCUT2D eigenvalue weighted by molar-refractivity contribution is 6.36. The zero-order valence-corrected chi connectivity index (χ0v) is 25.4. The molecule has 7 rings (SSSR count). The minimum absolute atomic E-state index is 0.119. The Morgan fingerprint density at radius 1 is 0.791 bits per heavy atom. The zero-order chi connectivity index (χ0) is 30.5. The third kappa shape index (κ3) is 4.47. The van der Waals surface area contributed by atoms with Gasteiger partial charge in [0.05, 0.1) is 18.9 Å². The van der Waals surface area contributed by atoms with E-state index in [-0.39, 0.29) is 30.6 Å². The Bertz CT molecular complexity index is 1500. The van der Waals surface area contributed by atoms with E-state index < -0.39 is 33.7 Å². The number of halogens is 2. The van der Waals surface area contributed by atoms with Crippen LogP contribution in [0.15, 0.2) is 72.8 Å². The quantitative estimate of drug-likeness (QED) is 0.0914. The van der Waals surface area contributed by atoms with E-state index in [0.29, 0.717) is 30.6 Å². The van der Waals surface area contributed by atoms with Crippen LogP contribution in [0, 0.1) is 11.8 Å². The number of ether oxygens (including phenoxy) is 2. The molecule has 3 aromatic carbocycles. The molecule has 4 aliphatic rings. The predicted octanol–water partition coefficient (Wildman–Crippen LogP) is 5.96. The summed E-state index contributed by atoms with van der Waals surface area (Å²) in [6.45, 7) is 1.75. The summed E-state index contributed by atoms with van der Waals surface area (Å²) in [6.07, 6.45) is 0.781. The number of unbranched alkanes of at least 4 members (excludes halogenated alkanes) is 2. The Labute approximate surface area is 260 Å². The Morgan fingerprint density at radius 3 is 1.74 bits per heavy atom. The lowest BCUT2D eigenvalue weighted by atomic mass is 9.54. The van der Waals surface area contributed by atoms with Crippen LogP contribution in [0.1, 0.15) is 65.2 Å². The summed E-state index contributed by atoms with van der Waals surface area (Å²) < 4.78 is 10.5. The molecular formula is C34H31Cl2NO6. The van der Waals surface area contributed by atoms with E-state index in [9.17, 15) is 19.2 Å². The Kier molecular flexibility index (Phi) is 7.59. The van der Waals surface area contributed by atoms with Crippen LogP contribution in [0.2, 0.25) is 0 Å². The highest BCUT2D eigenvalue weighted by atomic mass is 35.5. The number of hydrogen-bond donors (Lipinski definition) is 0. The fourth-order valence-corrected chi connectivity index (χ4v) is 8.06. The van der Waals surface area contributed by atoms with Crippen LogP contribution < -0.4 is 4.74 Å². The van der Waals surface area contributed by atoms with Gasteiger partial charge in [0.25, 0.3) is 0 Å². The maximum absolute atomic E-state index is 13.9. The van der Waals surface area contributed by atoms with Crippen molar-refractivity contribution in [2.75, 3.05) is 13.7 Å². The van der Waals surface area contributed by atoms with Gasteiger partial charge in [-0.1, -0.05) is 55.0 Å². The molecule has 3 atom stereocenters. The number of esters is 1. The number of nitrogens with zero attached hydrogens (tertiary/aromatic N) is 1. The Morgan fingerprint density at radius 2 is 1.28 bits per heavy atom. The van der Waals surface area contributed by atoms with Crippen molar-refractivity contribution in [1.29, 1.82) is 0 Å². The van der Waals surface area contributed by atoms with Crippen molar-refractivity contribution in [3.05, 3.63) is 101 Å². The highest BCUT2D eigenvalue weighted by Crippen LogP contribution is 2.69. The maximum Gasteiger partial charge on any atom is 0.306 e. The molecule has 3 aromatic rings. The third-order valence-electron chi connectivity index (χ3n) is 8.99. The van der Waals surface area contributed by atoms with Crippen molar-refractivity contribution in [2.45, 2.75) is 48.5 Å². The second-order valence-corrected chi connectivity index (χ2v) is 12.5. The molecule has 43 heavy (non-hydrogen) atoms. The van der Waals surface area contributed by atoms with Crippen LogP contribution in [0.3, 0.4) is 0 Å². The largest absolute Gasteiger partial charge is 0.497 e. The van der Waals surface area contributed by atoms with E-state index in [2.05, 4.69) is 0 Å².